The second-order valence-corrected chi connectivity index (χ2v) is 5.43. The van der Waals surface area contributed by atoms with Crippen LogP contribution in [0.3, 0.4) is 0 Å². The predicted molar refractivity (Wildman–Crippen MR) is 82.5 cm³/mol. The first-order chi connectivity index (χ1) is 10.9. The molecular weight excluding hydrogens is 377 g/mol. The zero-order chi connectivity index (χ0) is 16.7. The van der Waals surface area contributed by atoms with Gasteiger partial charge in [-0.25, -0.2) is 13.8 Å². The number of ether oxygens (including phenoxy) is 1. The standard InChI is InChI=1S/C14H8BrF3N4O/c15-5-1-3-6(4-2-5)23-12-9(17)8(16)7-11(10(12)18)21-14(20)22-13(7)19/h1-4H,(H4,19,20,21,22). The molecule has 23 heavy (non-hydrogen) atoms. The van der Waals surface area contributed by atoms with E-state index in [0.717, 1.165) is 4.47 Å². The molecule has 0 aliphatic carbocycles. The van der Waals surface area contributed by atoms with Gasteiger partial charge in [0, 0.05) is 4.47 Å². The van der Waals surface area contributed by atoms with Crippen LogP contribution in [0, 0.1) is 17.5 Å². The van der Waals surface area contributed by atoms with Gasteiger partial charge in [0.25, 0.3) is 0 Å². The summed E-state index contributed by atoms with van der Waals surface area (Å²) in [5, 5.41) is -0.586. The highest BCUT2D eigenvalue weighted by Gasteiger charge is 2.25. The topological polar surface area (TPSA) is 87.0 Å². The number of benzene rings is 2. The molecule has 9 heteroatoms. The summed E-state index contributed by atoms with van der Waals surface area (Å²) in [6.07, 6.45) is 0. The van der Waals surface area contributed by atoms with E-state index in [0.29, 0.717) is 0 Å². The maximum Gasteiger partial charge on any atom is 0.222 e. The summed E-state index contributed by atoms with van der Waals surface area (Å²) in [6, 6.07) is 6.10. The molecule has 0 amide bonds. The van der Waals surface area contributed by atoms with E-state index in [1.165, 1.54) is 12.1 Å². The highest BCUT2D eigenvalue weighted by atomic mass is 79.9. The molecular formula is C14H8BrF3N4O. The van der Waals surface area contributed by atoms with Crippen molar-refractivity contribution in [3.63, 3.8) is 0 Å². The number of nitrogens with two attached hydrogens (primary N) is 2. The molecule has 0 fully saturated rings. The number of aromatic nitrogens is 2. The lowest BCUT2D eigenvalue weighted by Gasteiger charge is -2.12. The van der Waals surface area contributed by atoms with Crippen molar-refractivity contribution in [3.8, 4) is 11.5 Å². The lowest BCUT2D eigenvalue weighted by molar-refractivity contribution is 0.392. The van der Waals surface area contributed by atoms with Crippen LogP contribution in [0.15, 0.2) is 28.7 Å². The predicted octanol–water partition coefficient (Wildman–Crippen LogP) is 3.77. The van der Waals surface area contributed by atoms with Crippen LogP contribution >= 0.6 is 15.9 Å². The minimum absolute atomic E-state index is 0.111. The van der Waals surface area contributed by atoms with Crippen LogP contribution in [0.4, 0.5) is 24.9 Å². The van der Waals surface area contributed by atoms with Crippen LogP contribution < -0.4 is 16.2 Å². The first kappa shape index (κ1) is 15.3. The van der Waals surface area contributed by atoms with Gasteiger partial charge in [0.15, 0.2) is 11.6 Å². The molecule has 1 aromatic heterocycles. The van der Waals surface area contributed by atoms with Gasteiger partial charge >= 0.3 is 0 Å². The van der Waals surface area contributed by atoms with E-state index in [1.54, 1.807) is 12.1 Å². The van der Waals surface area contributed by atoms with Crippen molar-refractivity contribution in [1.29, 1.82) is 0 Å². The van der Waals surface area contributed by atoms with Gasteiger partial charge in [0.1, 0.15) is 17.1 Å². The van der Waals surface area contributed by atoms with E-state index in [1.807, 2.05) is 0 Å². The Morgan fingerprint density at radius 2 is 1.57 bits per heavy atom. The van der Waals surface area contributed by atoms with E-state index in [9.17, 15) is 13.2 Å². The Morgan fingerprint density at radius 3 is 2.22 bits per heavy atom. The molecule has 0 radical (unpaired) electrons. The summed E-state index contributed by atoms with van der Waals surface area (Å²) in [5.41, 5.74) is 10.3. The third-order valence-electron chi connectivity index (χ3n) is 3.01. The number of fused-ring (bicyclic) bond motifs is 1. The highest BCUT2D eigenvalue weighted by Crippen LogP contribution is 2.36. The normalized spacial score (nSPS) is 11.0. The minimum Gasteiger partial charge on any atom is -0.451 e. The van der Waals surface area contributed by atoms with Crippen molar-refractivity contribution in [3.05, 3.63) is 46.2 Å². The Morgan fingerprint density at radius 1 is 0.913 bits per heavy atom. The van der Waals surface area contributed by atoms with E-state index in [-0.39, 0.29) is 11.7 Å². The fourth-order valence-electron chi connectivity index (χ4n) is 1.99. The molecule has 1 heterocycles. The SMILES string of the molecule is Nc1nc(N)c2c(F)c(F)c(Oc3ccc(Br)cc3)c(F)c2n1. The van der Waals surface area contributed by atoms with Gasteiger partial charge in [-0.2, -0.15) is 9.37 Å². The molecule has 0 spiro atoms. The van der Waals surface area contributed by atoms with Crippen LogP contribution in [0.2, 0.25) is 0 Å². The largest absolute Gasteiger partial charge is 0.451 e. The molecule has 4 N–H and O–H groups in total. The first-order valence-corrected chi connectivity index (χ1v) is 7.00. The molecule has 0 aliphatic heterocycles. The van der Waals surface area contributed by atoms with Crippen molar-refractivity contribution in [1.82, 2.24) is 9.97 Å². The maximum atomic E-state index is 14.5. The number of hydrogen-bond acceptors (Lipinski definition) is 5. The van der Waals surface area contributed by atoms with Gasteiger partial charge in [-0.15, -0.1) is 0 Å². The number of halogens is 4. The van der Waals surface area contributed by atoms with Crippen LogP contribution in [-0.4, -0.2) is 9.97 Å². The second kappa shape index (κ2) is 5.58. The molecule has 0 saturated heterocycles. The summed E-state index contributed by atoms with van der Waals surface area (Å²) < 4.78 is 48.7. The molecule has 2 aromatic carbocycles. The number of nitrogen functional groups attached to an aromatic ring is 2. The Bertz CT molecular complexity index is 919. The fraction of sp³-hybridized carbons (Fsp3) is 0. The Labute approximate surface area is 136 Å². The van der Waals surface area contributed by atoms with E-state index >= 15 is 0 Å². The number of nitrogens with zero attached hydrogens (tertiary/aromatic N) is 2. The summed E-state index contributed by atoms with van der Waals surface area (Å²) in [7, 11) is 0. The van der Waals surface area contributed by atoms with Crippen molar-refractivity contribution in [2.45, 2.75) is 0 Å². The maximum absolute atomic E-state index is 14.5. The van der Waals surface area contributed by atoms with Crippen LogP contribution in [-0.2, 0) is 0 Å². The minimum atomic E-state index is -1.53. The zero-order valence-corrected chi connectivity index (χ0v) is 12.9. The third-order valence-corrected chi connectivity index (χ3v) is 3.54. The molecule has 0 aliphatic rings. The van der Waals surface area contributed by atoms with Gasteiger partial charge < -0.3 is 16.2 Å². The monoisotopic (exact) mass is 384 g/mol. The quantitative estimate of drug-likeness (QED) is 0.656. The fourth-order valence-corrected chi connectivity index (χ4v) is 2.26. The second-order valence-electron chi connectivity index (χ2n) is 4.52. The highest BCUT2D eigenvalue weighted by molar-refractivity contribution is 9.10. The first-order valence-electron chi connectivity index (χ1n) is 6.21. The molecule has 0 saturated carbocycles. The Balaban J connectivity index is 2.23. The summed E-state index contributed by atoms with van der Waals surface area (Å²) in [6.45, 7) is 0. The summed E-state index contributed by atoms with van der Waals surface area (Å²) in [5.74, 6) is -5.81. The van der Waals surface area contributed by atoms with Crippen LogP contribution in [0.25, 0.3) is 10.9 Å². The van der Waals surface area contributed by atoms with Gasteiger partial charge in [0.2, 0.25) is 17.5 Å². The van der Waals surface area contributed by atoms with Gasteiger partial charge in [0.05, 0.1) is 5.39 Å². The molecule has 0 unspecified atom stereocenters. The summed E-state index contributed by atoms with van der Waals surface area (Å²) in [4.78, 5) is 7.07. The van der Waals surface area contributed by atoms with Gasteiger partial charge in [-0.1, -0.05) is 15.9 Å². The average molecular weight is 385 g/mol. The molecule has 3 rings (SSSR count). The lowest BCUT2D eigenvalue weighted by Crippen LogP contribution is -2.06. The van der Waals surface area contributed by atoms with Gasteiger partial charge in [-0.05, 0) is 24.3 Å². The Hall–Kier alpha value is -2.55. The van der Waals surface area contributed by atoms with Crippen molar-refractivity contribution >= 4 is 38.6 Å². The summed E-state index contributed by atoms with van der Waals surface area (Å²) >= 11 is 3.21. The van der Waals surface area contributed by atoms with E-state index < -0.39 is 39.9 Å². The molecule has 5 nitrogen and oxygen atoms in total. The van der Waals surface area contributed by atoms with Crippen molar-refractivity contribution < 1.29 is 17.9 Å². The zero-order valence-electron chi connectivity index (χ0n) is 11.3. The van der Waals surface area contributed by atoms with Gasteiger partial charge in [-0.3, -0.25) is 0 Å². The smallest absolute Gasteiger partial charge is 0.222 e. The van der Waals surface area contributed by atoms with E-state index in [2.05, 4.69) is 25.9 Å². The average Bonchev–Trinajstić information content (AvgIpc) is 2.50. The van der Waals surface area contributed by atoms with Crippen molar-refractivity contribution in [2.24, 2.45) is 0 Å². The van der Waals surface area contributed by atoms with Crippen molar-refractivity contribution in [2.75, 3.05) is 11.5 Å². The van der Waals surface area contributed by atoms with Crippen LogP contribution in [0.1, 0.15) is 0 Å². The molecule has 3 aromatic rings. The number of anilines is 2. The number of hydrogen-bond donors (Lipinski definition) is 2. The molecule has 0 atom stereocenters. The Kier molecular flexibility index (Phi) is 3.72. The lowest BCUT2D eigenvalue weighted by atomic mass is 10.2. The number of rotatable bonds is 2. The third kappa shape index (κ3) is 2.63. The molecule has 0 bridgehead atoms. The van der Waals surface area contributed by atoms with Crippen LogP contribution in [0.5, 0.6) is 11.5 Å². The molecule has 118 valence electrons. The van der Waals surface area contributed by atoms with E-state index in [4.69, 9.17) is 16.2 Å².